The molecule has 2 aromatic rings. The van der Waals surface area contributed by atoms with Gasteiger partial charge in [0.25, 0.3) is 5.56 Å². The van der Waals surface area contributed by atoms with Gasteiger partial charge >= 0.3 is 5.97 Å². The Kier molecular flexibility index (Phi) is 6.61. The molecule has 0 bridgehead atoms. The van der Waals surface area contributed by atoms with Crippen LogP contribution in [0.2, 0.25) is 0 Å². The van der Waals surface area contributed by atoms with Crippen LogP contribution in [0.25, 0.3) is 11.3 Å². The molecule has 3 N–H and O–H groups in total. The second kappa shape index (κ2) is 8.90. The molecule has 0 spiro atoms. The number of carbonyl (C=O) groups excluding carboxylic acids is 2. The molecule has 1 aromatic heterocycles. The van der Waals surface area contributed by atoms with Crippen LogP contribution in [0.15, 0.2) is 45.7 Å². The number of carboxylic acids is 1. The smallest absolute Gasteiger partial charge is 0.322 e. The molecule has 0 aliphatic heterocycles. The van der Waals surface area contributed by atoms with Gasteiger partial charge in [0.15, 0.2) is 0 Å². The van der Waals surface area contributed by atoms with Crippen molar-refractivity contribution < 1.29 is 19.5 Å². The number of nitrogens with one attached hydrogen (secondary N) is 2. The highest BCUT2D eigenvalue weighted by atomic mass is 79.9. The lowest BCUT2D eigenvalue weighted by Crippen LogP contribution is -2.41. The summed E-state index contributed by atoms with van der Waals surface area (Å²) in [6.45, 7) is -1.30. The van der Waals surface area contributed by atoms with Gasteiger partial charge in [-0.25, -0.2) is 4.68 Å². The van der Waals surface area contributed by atoms with Crippen LogP contribution in [0.5, 0.6) is 0 Å². The Hall–Kier alpha value is -3.01. The molecule has 0 saturated carbocycles. The number of halogens is 1. The molecule has 26 heavy (non-hydrogen) atoms. The monoisotopic (exact) mass is 422 g/mol. The first kappa shape index (κ1) is 19.3. The fourth-order valence-electron chi connectivity index (χ4n) is 1.94. The molecule has 0 atom stereocenters. The highest BCUT2D eigenvalue weighted by Gasteiger charge is 2.10. The Morgan fingerprint density at radius 1 is 1.00 bits per heavy atom. The Morgan fingerprint density at radius 2 is 1.65 bits per heavy atom. The Labute approximate surface area is 156 Å². The zero-order valence-corrected chi connectivity index (χ0v) is 15.0. The average molecular weight is 423 g/mol. The third-order valence-electron chi connectivity index (χ3n) is 3.18. The van der Waals surface area contributed by atoms with Crippen molar-refractivity contribution in [3.05, 3.63) is 51.2 Å². The maximum Gasteiger partial charge on any atom is 0.322 e. The standard InChI is InChI=1S/C16H15BrN4O5/c17-11-3-1-10(2-4-11)12-5-6-15(24)21(20-12)9-14(23)18-7-13(22)19-8-16(25)26/h1-6H,7-9H2,(H,18,23)(H,19,22)(H,25,26). The van der Waals surface area contributed by atoms with Crippen LogP contribution in [0.1, 0.15) is 0 Å². The number of benzene rings is 1. The van der Waals surface area contributed by atoms with Crippen molar-refractivity contribution in [1.29, 1.82) is 0 Å². The Balaban J connectivity index is 2.00. The minimum atomic E-state index is -1.19. The van der Waals surface area contributed by atoms with Crippen LogP contribution in [0.3, 0.4) is 0 Å². The number of aromatic nitrogens is 2. The average Bonchev–Trinajstić information content (AvgIpc) is 2.61. The van der Waals surface area contributed by atoms with Crippen molar-refractivity contribution in [3.63, 3.8) is 0 Å². The molecule has 0 saturated heterocycles. The molecule has 10 heteroatoms. The molecule has 0 unspecified atom stereocenters. The second-order valence-corrected chi connectivity index (χ2v) is 6.08. The molecule has 1 aromatic carbocycles. The van der Waals surface area contributed by atoms with E-state index in [9.17, 15) is 19.2 Å². The fourth-order valence-corrected chi connectivity index (χ4v) is 2.21. The van der Waals surface area contributed by atoms with Gasteiger partial charge in [-0.2, -0.15) is 5.10 Å². The minimum absolute atomic E-state index is 0.366. The molecule has 2 rings (SSSR count). The van der Waals surface area contributed by atoms with Crippen LogP contribution in [0, 0.1) is 0 Å². The van der Waals surface area contributed by atoms with Gasteiger partial charge in [0.05, 0.1) is 12.2 Å². The van der Waals surface area contributed by atoms with Crippen LogP contribution in [-0.2, 0) is 20.9 Å². The van der Waals surface area contributed by atoms with Crippen molar-refractivity contribution >= 4 is 33.7 Å². The zero-order chi connectivity index (χ0) is 19.1. The first-order chi connectivity index (χ1) is 12.3. The lowest BCUT2D eigenvalue weighted by atomic mass is 10.1. The van der Waals surface area contributed by atoms with Gasteiger partial charge in [-0.3, -0.25) is 19.2 Å². The maximum atomic E-state index is 11.9. The van der Waals surface area contributed by atoms with E-state index in [1.165, 1.54) is 6.07 Å². The van der Waals surface area contributed by atoms with E-state index in [1.54, 1.807) is 6.07 Å². The Bertz CT molecular complexity index is 879. The summed E-state index contributed by atoms with van der Waals surface area (Å²) in [7, 11) is 0. The SMILES string of the molecule is O=C(O)CNC(=O)CNC(=O)Cn1nc(-c2ccc(Br)cc2)ccc1=O. The van der Waals surface area contributed by atoms with Crippen LogP contribution < -0.4 is 16.2 Å². The molecular weight excluding hydrogens is 408 g/mol. The number of rotatable bonds is 7. The summed E-state index contributed by atoms with van der Waals surface area (Å²) in [6.07, 6.45) is 0. The molecule has 136 valence electrons. The van der Waals surface area contributed by atoms with E-state index in [0.717, 1.165) is 14.7 Å². The van der Waals surface area contributed by atoms with E-state index in [0.29, 0.717) is 5.69 Å². The number of amides is 2. The highest BCUT2D eigenvalue weighted by molar-refractivity contribution is 9.10. The van der Waals surface area contributed by atoms with Gasteiger partial charge in [-0.1, -0.05) is 28.1 Å². The number of carboxylic acid groups (broad SMARTS) is 1. The molecule has 0 radical (unpaired) electrons. The van der Waals surface area contributed by atoms with Gasteiger partial charge in [-0.15, -0.1) is 0 Å². The van der Waals surface area contributed by atoms with E-state index in [1.807, 2.05) is 24.3 Å². The van der Waals surface area contributed by atoms with E-state index in [2.05, 4.69) is 31.7 Å². The largest absolute Gasteiger partial charge is 0.480 e. The first-order valence-electron chi connectivity index (χ1n) is 7.44. The van der Waals surface area contributed by atoms with Gasteiger partial charge < -0.3 is 15.7 Å². The quantitative estimate of drug-likeness (QED) is 0.575. The van der Waals surface area contributed by atoms with E-state index < -0.39 is 36.4 Å². The van der Waals surface area contributed by atoms with Crippen molar-refractivity contribution in [1.82, 2.24) is 20.4 Å². The first-order valence-corrected chi connectivity index (χ1v) is 8.24. The summed E-state index contributed by atoms with van der Waals surface area (Å²) >= 11 is 3.33. The van der Waals surface area contributed by atoms with E-state index in [4.69, 9.17) is 5.11 Å². The van der Waals surface area contributed by atoms with Crippen molar-refractivity contribution in [2.75, 3.05) is 13.1 Å². The number of hydrogen-bond acceptors (Lipinski definition) is 5. The van der Waals surface area contributed by atoms with Gasteiger partial charge in [-0.05, 0) is 18.2 Å². The third kappa shape index (κ3) is 5.81. The lowest BCUT2D eigenvalue weighted by molar-refractivity contribution is -0.137. The summed E-state index contributed by atoms with van der Waals surface area (Å²) < 4.78 is 1.89. The van der Waals surface area contributed by atoms with Crippen LogP contribution in [0.4, 0.5) is 0 Å². The molecule has 9 nitrogen and oxygen atoms in total. The summed E-state index contributed by atoms with van der Waals surface area (Å²) in [5, 5.41) is 17.0. The van der Waals surface area contributed by atoms with Gasteiger partial charge in [0.2, 0.25) is 11.8 Å². The number of carbonyl (C=O) groups is 3. The predicted molar refractivity (Wildman–Crippen MR) is 95.3 cm³/mol. The van der Waals surface area contributed by atoms with Crippen LogP contribution in [-0.4, -0.2) is 45.8 Å². The number of aliphatic carboxylic acids is 1. The molecule has 0 fully saturated rings. The molecule has 2 amide bonds. The molecule has 0 aliphatic rings. The van der Waals surface area contributed by atoms with Gasteiger partial charge in [0, 0.05) is 16.1 Å². The minimum Gasteiger partial charge on any atom is -0.480 e. The highest BCUT2D eigenvalue weighted by Crippen LogP contribution is 2.18. The summed E-state index contributed by atoms with van der Waals surface area (Å²) in [5.41, 5.74) is 0.829. The molecule has 0 aliphatic carbocycles. The van der Waals surface area contributed by atoms with Gasteiger partial charge in [0.1, 0.15) is 13.1 Å². The van der Waals surface area contributed by atoms with Crippen molar-refractivity contribution in [2.45, 2.75) is 6.54 Å². The summed E-state index contributed by atoms with van der Waals surface area (Å²) in [6, 6.07) is 10.1. The van der Waals surface area contributed by atoms with E-state index in [-0.39, 0.29) is 6.54 Å². The lowest BCUT2D eigenvalue weighted by Gasteiger charge is -2.08. The topological polar surface area (TPSA) is 130 Å². The molecular formula is C16H15BrN4O5. The van der Waals surface area contributed by atoms with Crippen molar-refractivity contribution in [3.8, 4) is 11.3 Å². The second-order valence-electron chi connectivity index (χ2n) is 5.17. The zero-order valence-electron chi connectivity index (χ0n) is 13.4. The van der Waals surface area contributed by atoms with E-state index >= 15 is 0 Å². The fraction of sp³-hybridized carbons (Fsp3) is 0.188. The number of hydrogen-bond donors (Lipinski definition) is 3. The summed E-state index contributed by atoms with van der Waals surface area (Å²) in [5.74, 6) is -2.44. The maximum absolute atomic E-state index is 11.9. The van der Waals surface area contributed by atoms with Crippen LogP contribution >= 0.6 is 15.9 Å². The predicted octanol–water partition coefficient (Wildman–Crippen LogP) is -0.0102. The number of nitrogens with zero attached hydrogens (tertiary/aromatic N) is 2. The summed E-state index contributed by atoms with van der Waals surface area (Å²) in [4.78, 5) is 45.5. The normalized spacial score (nSPS) is 10.2. The van der Waals surface area contributed by atoms with Crippen molar-refractivity contribution in [2.24, 2.45) is 0 Å². The third-order valence-corrected chi connectivity index (χ3v) is 3.71. The Morgan fingerprint density at radius 3 is 2.31 bits per heavy atom. The molecule has 1 heterocycles.